The number of nitrogens with one attached hydrogen (secondary N) is 1. The number of nitrogens with two attached hydrogens (primary N) is 1. The zero-order valence-electron chi connectivity index (χ0n) is 8.45. The monoisotopic (exact) mass is 188 g/mol. The summed E-state index contributed by atoms with van der Waals surface area (Å²) in [6, 6.07) is 0.199. The Hall–Kier alpha value is -0.160. The molecule has 1 saturated heterocycles. The Morgan fingerprint density at radius 2 is 2.31 bits per heavy atom. The lowest BCUT2D eigenvalue weighted by molar-refractivity contribution is -0.108. The Balaban J connectivity index is 2.43. The van der Waals surface area contributed by atoms with Gasteiger partial charge in [0.2, 0.25) is 0 Å². The van der Waals surface area contributed by atoms with E-state index in [1.54, 1.807) is 0 Å². The summed E-state index contributed by atoms with van der Waals surface area (Å²) in [6.45, 7) is 6.36. The van der Waals surface area contributed by atoms with Gasteiger partial charge in [-0.2, -0.15) is 0 Å². The Morgan fingerprint density at radius 3 is 2.77 bits per heavy atom. The van der Waals surface area contributed by atoms with Crippen LogP contribution in [0.15, 0.2) is 0 Å². The number of ether oxygens (including phenoxy) is 2. The van der Waals surface area contributed by atoms with E-state index in [4.69, 9.17) is 15.3 Å². The molecule has 13 heavy (non-hydrogen) atoms. The van der Waals surface area contributed by atoms with E-state index < -0.39 is 0 Å². The van der Waals surface area contributed by atoms with Crippen LogP contribution in [-0.4, -0.2) is 32.0 Å². The van der Waals surface area contributed by atoms with Crippen LogP contribution in [0.4, 0.5) is 0 Å². The van der Waals surface area contributed by atoms with Gasteiger partial charge in [-0.25, -0.2) is 0 Å². The van der Waals surface area contributed by atoms with E-state index in [0.717, 1.165) is 6.42 Å². The standard InChI is InChI=1S/C9H20N2O2/c1-3-7(2)9(11-10)8-6-12-4-5-13-8/h7-9,11H,3-6,10H2,1-2H3. The molecular weight excluding hydrogens is 168 g/mol. The number of hydrogen-bond donors (Lipinski definition) is 2. The fourth-order valence-electron chi connectivity index (χ4n) is 1.61. The molecule has 1 fully saturated rings. The summed E-state index contributed by atoms with van der Waals surface area (Å²) in [5, 5.41) is 0. The molecule has 3 atom stereocenters. The maximum Gasteiger partial charge on any atom is 0.0978 e. The molecule has 0 bridgehead atoms. The van der Waals surface area contributed by atoms with E-state index in [1.165, 1.54) is 0 Å². The zero-order chi connectivity index (χ0) is 9.68. The maximum atomic E-state index is 5.59. The predicted molar refractivity (Wildman–Crippen MR) is 51.1 cm³/mol. The van der Waals surface area contributed by atoms with Crippen LogP contribution in [0, 0.1) is 5.92 Å². The molecule has 1 aliphatic heterocycles. The molecule has 4 nitrogen and oxygen atoms in total. The highest BCUT2D eigenvalue weighted by Gasteiger charge is 2.27. The van der Waals surface area contributed by atoms with Crippen molar-refractivity contribution in [3.63, 3.8) is 0 Å². The van der Waals surface area contributed by atoms with Crippen molar-refractivity contribution >= 4 is 0 Å². The first kappa shape index (κ1) is 10.9. The smallest absolute Gasteiger partial charge is 0.0978 e. The second kappa shape index (κ2) is 5.54. The Labute approximate surface area is 79.7 Å². The SMILES string of the molecule is CCC(C)C(NN)C1COCCO1. The normalized spacial score (nSPS) is 28.4. The molecule has 3 unspecified atom stereocenters. The quantitative estimate of drug-likeness (QED) is 0.491. The minimum absolute atomic E-state index is 0.105. The van der Waals surface area contributed by atoms with Gasteiger partial charge in [0.15, 0.2) is 0 Å². The first-order valence-corrected chi connectivity index (χ1v) is 4.95. The first-order chi connectivity index (χ1) is 6.29. The summed E-state index contributed by atoms with van der Waals surface area (Å²) in [5.74, 6) is 6.01. The highest BCUT2D eigenvalue weighted by Crippen LogP contribution is 2.15. The van der Waals surface area contributed by atoms with Crippen molar-refractivity contribution in [2.45, 2.75) is 32.4 Å². The molecule has 78 valence electrons. The van der Waals surface area contributed by atoms with Gasteiger partial charge in [0.05, 0.1) is 32.0 Å². The molecule has 1 rings (SSSR count). The van der Waals surface area contributed by atoms with Crippen LogP contribution in [0.5, 0.6) is 0 Å². The van der Waals surface area contributed by atoms with Gasteiger partial charge in [-0.3, -0.25) is 11.3 Å². The number of rotatable bonds is 4. The Morgan fingerprint density at radius 1 is 1.54 bits per heavy atom. The fourth-order valence-corrected chi connectivity index (χ4v) is 1.61. The summed E-state index contributed by atoms with van der Waals surface area (Å²) in [7, 11) is 0. The van der Waals surface area contributed by atoms with Gasteiger partial charge in [0, 0.05) is 0 Å². The predicted octanol–water partition coefficient (Wildman–Crippen LogP) is 0.280. The van der Waals surface area contributed by atoms with Crippen molar-refractivity contribution in [1.82, 2.24) is 5.43 Å². The van der Waals surface area contributed by atoms with Gasteiger partial charge in [-0.05, 0) is 5.92 Å². The molecule has 0 saturated carbocycles. The minimum atomic E-state index is 0.105. The van der Waals surface area contributed by atoms with E-state index in [-0.39, 0.29) is 12.1 Å². The molecule has 0 amide bonds. The molecule has 0 aromatic heterocycles. The van der Waals surface area contributed by atoms with Crippen molar-refractivity contribution in [1.29, 1.82) is 0 Å². The molecule has 1 heterocycles. The topological polar surface area (TPSA) is 56.5 Å². The lowest BCUT2D eigenvalue weighted by atomic mass is 9.95. The lowest BCUT2D eigenvalue weighted by Crippen LogP contribution is -2.52. The summed E-state index contributed by atoms with van der Waals surface area (Å²) < 4.78 is 10.9. The van der Waals surface area contributed by atoms with Crippen molar-refractivity contribution < 1.29 is 9.47 Å². The molecule has 0 aliphatic carbocycles. The first-order valence-electron chi connectivity index (χ1n) is 4.95. The van der Waals surface area contributed by atoms with Crippen LogP contribution in [0.3, 0.4) is 0 Å². The lowest BCUT2D eigenvalue weighted by Gasteiger charge is -2.33. The highest BCUT2D eigenvalue weighted by atomic mass is 16.6. The summed E-state index contributed by atoms with van der Waals surface area (Å²) in [4.78, 5) is 0. The van der Waals surface area contributed by atoms with E-state index in [2.05, 4.69) is 19.3 Å². The third-order valence-corrected chi connectivity index (χ3v) is 2.69. The van der Waals surface area contributed by atoms with E-state index >= 15 is 0 Å². The van der Waals surface area contributed by atoms with E-state index in [9.17, 15) is 0 Å². The highest BCUT2D eigenvalue weighted by molar-refractivity contribution is 4.80. The van der Waals surface area contributed by atoms with Gasteiger partial charge in [0.1, 0.15) is 0 Å². The van der Waals surface area contributed by atoms with Crippen LogP contribution in [0.2, 0.25) is 0 Å². The Bertz CT molecular complexity index is 138. The van der Waals surface area contributed by atoms with Gasteiger partial charge in [0.25, 0.3) is 0 Å². The zero-order valence-corrected chi connectivity index (χ0v) is 8.45. The Kier molecular flexibility index (Phi) is 4.66. The molecule has 4 heteroatoms. The van der Waals surface area contributed by atoms with E-state index in [0.29, 0.717) is 25.7 Å². The van der Waals surface area contributed by atoms with Gasteiger partial charge in [-0.15, -0.1) is 0 Å². The van der Waals surface area contributed by atoms with Crippen LogP contribution < -0.4 is 11.3 Å². The average Bonchev–Trinajstić information content (AvgIpc) is 2.20. The van der Waals surface area contributed by atoms with Crippen molar-refractivity contribution in [3.05, 3.63) is 0 Å². The van der Waals surface area contributed by atoms with Gasteiger partial charge >= 0.3 is 0 Å². The van der Waals surface area contributed by atoms with Crippen LogP contribution in [0.25, 0.3) is 0 Å². The van der Waals surface area contributed by atoms with Crippen molar-refractivity contribution in [2.24, 2.45) is 11.8 Å². The summed E-state index contributed by atoms with van der Waals surface area (Å²) >= 11 is 0. The van der Waals surface area contributed by atoms with Crippen LogP contribution >= 0.6 is 0 Å². The fraction of sp³-hybridized carbons (Fsp3) is 1.00. The minimum Gasteiger partial charge on any atom is -0.376 e. The molecule has 1 aliphatic rings. The molecular formula is C9H20N2O2. The molecule has 0 aromatic rings. The average molecular weight is 188 g/mol. The van der Waals surface area contributed by atoms with E-state index in [1.807, 2.05) is 0 Å². The third kappa shape index (κ3) is 2.91. The van der Waals surface area contributed by atoms with Gasteiger partial charge < -0.3 is 9.47 Å². The molecule has 3 N–H and O–H groups in total. The second-order valence-electron chi connectivity index (χ2n) is 3.56. The van der Waals surface area contributed by atoms with Crippen molar-refractivity contribution in [2.75, 3.05) is 19.8 Å². The maximum absolute atomic E-state index is 5.59. The van der Waals surface area contributed by atoms with Crippen molar-refractivity contribution in [3.8, 4) is 0 Å². The van der Waals surface area contributed by atoms with Crippen LogP contribution in [0.1, 0.15) is 20.3 Å². The number of hydrazine groups is 1. The second-order valence-corrected chi connectivity index (χ2v) is 3.56. The number of hydrogen-bond acceptors (Lipinski definition) is 4. The molecule has 0 radical (unpaired) electrons. The largest absolute Gasteiger partial charge is 0.376 e. The summed E-state index contributed by atoms with van der Waals surface area (Å²) in [6.07, 6.45) is 1.20. The van der Waals surface area contributed by atoms with Crippen LogP contribution in [-0.2, 0) is 9.47 Å². The summed E-state index contributed by atoms with van der Waals surface area (Å²) in [5.41, 5.74) is 2.82. The molecule has 0 aromatic carbocycles. The molecule has 0 spiro atoms. The van der Waals surface area contributed by atoms with Gasteiger partial charge in [-0.1, -0.05) is 20.3 Å². The third-order valence-electron chi connectivity index (χ3n) is 2.69.